The summed E-state index contributed by atoms with van der Waals surface area (Å²) in [5.74, 6) is -0.256. The van der Waals surface area contributed by atoms with Crippen LogP contribution in [0.5, 0.6) is 17.2 Å². The molecule has 2 aromatic carbocycles. The van der Waals surface area contributed by atoms with Crippen molar-refractivity contribution in [1.29, 1.82) is 0 Å². The molecule has 1 aliphatic rings. The van der Waals surface area contributed by atoms with Gasteiger partial charge in [0.2, 0.25) is 0 Å². The first-order chi connectivity index (χ1) is 14.4. The van der Waals surface area contributed by atoms with Gasteiger partial charge < -0.3 is 31.1 Å². The van der Waals surface area contributed by atoms with Crippen LogP contribution in [0.2, 0.25) is 5.02 Å². The zero-order chi connectivity index (χ0) is 21.7. The third-order valence-corrected chi connectivity index (χ3v) is 5.43. The van der Waals surface area contributed by atoms with Crippen LogP contribution in [0.4, 0.5) is 5.69 Å². The number of nitrogen functional groups attached to an aromatic ring is 1. The van der Waals surface area contributed by atoms with Gasteiger partial charge in [0.25, 0.3) is 5.91 Å². The second-order valence-corrected chi connectivity index (χ2v) is 7.66. The number of likely N-dealkylation sites (tertiary alicyclic amines) is 1. The van der Waals surface area contributed by atoms with Crippen molar-refractivity contribution >= 4 is 23.2 Å². The summed E-state index contributed by atoms with van der Waals surface area (Å²) in [7, 11) is 0. The summed E-state index contributed by atoms with van der Waals surface area (Å²) in [5, 5.41) is 31.9. The number of piperidine rings is 1. The molecule has 1 fully saturated rings. The van der Waals surface area contributed by atoms with Gasteiger partial charge in [-0.15, -0.1) is 0 Å². The minimum absolute atomic E-state index is 0.0199. The molecule has 2 aromatic rings. The van der Waals surface area contributed by atoms with Gasteiger partial charge >= 0.3 is 0 Å². The van der Waals surface area contributed by atoms with Crippen molar-refractivity contribution < 1.29 is 24.9 Å². The first-order valence-electron chi connectivity index (χ1n) is 9.74. The van der Waals surface area contributed by atoms with Gasteiger partial charge in [0.05, 0.1) is 22.9 Å². The maximum Gasteiger partial charge on any atom is 0.255 e. The fourth-order valence-corrected chi connectivity index (χ4v) is 3.63. The molecule has 0 atom stereocenters. The highest BCUT2D eigenvalue weighted by Crippen LogP contribution is 2.31. The number of ether oxygens (including phenoxy) is 1. The number of halogens is 1. The Morgan fingerprint density at radius 1 is 1.27 bits per heavy atom. The van der Waals surface area contributed by atoms with Crippen molar-refractivity contribution in [3.63, 3.8) is 0 Å². The van der Waals surface area contributed by atoms with Crippen molar-refractivity contribution in [3.05, 3.63) is 46.5 Å². The molecule has 0 bridgehead atoms. The van der Waals surface area contributed by atoms with Crippen LogP contribution in [-0.4, -0.2) is 58.5 Å². The number of anilines is 1. The number of hydrogen-bond donors (Lipinski definition) is 5. The molecule has 162 valence electrons. The predicted octanol–water partition coefficient (Wildman–Crippen LogP) is 2.10. The average molecular weight is 436 g/mol. The van der Waals surface area contributed by atoms with E-state index in [0.717, 1.165) is 25.9 Å². The number of para-hydroxylation sites is 1. The SMILES string of the molecule is Nc1cc(OCCO)c(C(=O)NC2CCN(Cc3cccc(O)c3O)CC2)cc1Cl. The fourth-order valence-electron chi connectivity index (χ4n) is 3.47. The topological polar surface area (TPSA) is 128 Å². The van der Waals surface area contributed by atoms with E-state index in [1.165, 1.54) is 18.2 Å². The van der Waals surface area contributed by atoms with Gasteiger partial charge in [-0.25, -0.2) is 0 Å². The van der Waals surface area contributed by atoms with Crippen LogP contribution in [-0.2, 0) is 6.54 Å². The molecule has 0 unspecified atom stereocenters. The molecular formula is C21H26ClN3O5. The number of phenolic OH excluding ortho intramolecular Hbond substituents is 2. The molecular weight excluding hydrogens is 410 g/mol. The second kappa shape index (κ2) is 9.88. The Balaban J connectivity index is 1.59. The van der Waals surface area contributed by atoms with E-state index in [9.17, 15) is 15.0 Å². The van der Waals surface area contributed by atoms with Gasteiger partial charge in [-0.2, -0.15) is 0 Å². The average Bonchev–Trinajstić information content (AvgIpc) is 2.73. The number of nitrogens with zero attached hydrogens (tertiary/aromatic N) is 1. The number of nitrogens with one attached hydrogen (secondary N) is 1. The summed E-state index contributed by atoms with van der Waals surface area (Å²) in [6.07, 6.45) is 1.47. The van der Waals surface area contributed by atoms with Crippen LogP contribution in [0.15, 0.2) is 30.3 Å². The number of amides is 1. The lowest BCUT2D eigenvalue weighted by Gasteiger charge is -2.32. The van der Waals surface area contributed by atoms with Gasteiger partial charge in [0.1, 0.15) is 12.4 Å². The minimum Gasteiger partial charge on any atom is -0.504 e. The van der Waals surface area contributed by atoms with Crippen molar-refractivity contribution in [2.75, 3.05) is 32.0 Å². The summed E-state index contributed by atoms with van der Waals surface area (Å²) >= 11 is 6.07. The molecule has 3 rings (SSSR count). The van der Waals surface area contributed by atoms with E-state index in [1.54, 1.807) is 12.1 Å². The van der Waals surface area contributed by atoms with Crippen LogP contribution >= 0.6 is 11.6 Å². The van der Waals surface area contributed by atoms with Crippen LogP contribution < -0.4 is 15.8 Å². The molecule has 1 saturated heterocycles. The number of aliphatic hydroxyl groups is 1. The van der Waals surface area contributed by atoms with E-state index < -0.39 is 0 Å². The lowest BCUT2D eigenvalue weighted by atomic mass is 10.0. The molecule has 0 spiro atoms. The Morgan fingerprint density at radius 2 is 2.00 bits per heavy atom. The highest BCUT2D eigenvalue weighted by atomic mass is 35.5. The molecule has 1 aliphatic heterocycles. The molecule has 1 heterocycles. The third kappa shape index (κ3) is 5.27. The molecule has 8 nitrogen and oxygen atoms in total. The minimum atomic E-state index is -0.311. The summed E-state index contributed by atoms with van der Waals surface area (Å²) < 4.78 is 5.43. The Morgan fingerprint density at radius 3 is 2.70 bits per heavy atom. The number of carbonyl (C=O) groups is 1. The lowest BCUT2D eigenvalue weighted by molar-refractivity contribution is 0.0903. The lowest BCUT2D eigenvalue weighted by Crippen LogP contribution is -2.44. The van der Waals surface area contributed by atoms with E-state index in [4.69, 9.17) is 27.2 Å². The molecule has 0 aromatic heterocycles. The summed E-state index contributed by atoms with van der Waals surface area (Å²) in [4.78, 5) is 14.9. The van der Waals surface area contributed by atoms with Gasteiger partial charge in [-0.3, -0.25) is 9.69 Å². The van der Waals surface area contributed by atoms with Crippen molar-refractivity contribution in [2.24, 2.45) is 0 Å². The van der Waals surface area contributed by atoms with Crippen molar-refractivity contribution in [3.8, 4) is 17.2 Å². The standard InChI is InChI=1S/C21H26ClN3O5/c22-16-10-15(19(11-17(16)23)30-9-8-26)21(29)24-14-4-6-25(7-5-14)12-13-2-1-3-18(27)20(13)28/h1-3,10-11,14,26-28H,4-9,12,23H2,(H,24,29). The quantitative estimate of drug-likeness (QED) is 0.332. The van der Waals surface area contributed by atoms with E-state index in [0.29, 0.717) is 17.8 Å². The number of phenols is 2. The first kappa shape index (κ1) is 22.0. The van der Waals surface area contributed by atoms with Gasteiger partial charge in [0, 0.05) is 37.3 Å². The first-order valence-corrected chi connectivity index (χ1v) is 10.1. The molecule has 0 radical (unpaired) electrons. The number of benzene rings is 2. The molecule has 9 heteroatoms. The van der Waals surface area contributed by atoms with E-state index in [2.05, 4.69) is 10.2 Å². The Hall–Kier alpha value is -2.68. The molecule has 0 aliphatic carbocycles. The number of aliphatic hydroxyl groups excluding tert-OH is 1. The van der Waals surface area contributed by atoms with Gasteiger partial charge in [-0.05, 0) is 25.0 Å². The molecule has 0 saturated carbocycles. The highest BCUT2D eigenvalue weighted by Gasteiger charge is 2.24. The van der Waals surface area contributed by atoms with Gasteiger partial charge in [0.15, 0.2) is 11.5 Å². The fraction of sp³-hybridized carbons (Fsp3) is 0.381. The number of aromatic hydroxyl groups is 2. The normalized spacial score (nSPS) is 15.1. The maximum absolute atomic E-state index is 12.8. The Bertz CT molecular complexity index is 900. The number of carbonyl (C=O) groups excluding carboxylic acids is 1. The van der Waals surface area contributed by atoms with Crippen LogP contribution in [0, 0.1) is 0 Å². The molecule has 30 heavy (non-hydrogen) atoms. The van der Waals surface area contributed by atoms with Crippen molar-refractivity contribution in [1.82, 2.24) is 10.2 Å². The van der Waals surface area contributed by atoms with E-state index >= 15 is 0 Å². The van der Waals surface area contributed by atoms with Crippen LogP contribution in [0.3, 0.4) is 0 Å². The van der Waals surface area contributed by atoms with Crippen LogP contribution in [0.25, 0.3) is 0 Å². The number of nitrogens with two attached hydrogens (primary N) is 1. The Labute approximate surface area is 179 Å². The summed E-state index contributed by atoms with van der Waals surface area (Å²) in [6, 6.07) is 7.86. The maximum atomic E-state index is 12.8. The van der Waals surface area contributed by atoms with Gasteiger partial charge in [-0.1, -0.05) is 23.7 Å². The number of hydrogen-bond acceptors (Lipinski definition) is 7. The second-order valence-electron chi connectivity index (χ2n) is 7.25. The zero-order valence-electron chi connectivity index (χ0n) is 16.5. The van der Waals surface area contributed by atoms with E-state index in [-0.39, 0.29) is 53.0 Å². The largest absolute Gasteiger partial charge is 0.504 e. The monoisotopic (exact) mass is 435 g/mol. The van der Waals surface area contributed by atoms with E-state index in [1.807, 2.05) is 0 Å². The third-order valence-electron chi connectivity index (χ3n) is 5.11. The Kier molecular flexibility index (Phi) is 7.25. The highest BCUT2D eigenvalue weighted by molar-refractivity contribution is 6.33. The van der Waals surface area contributed by atoms with Crippen molar-refractivity contribution in [2.45, 2.75) is 25.4 Å². The molecule has 1 amide bonds. The zero-order valence-corrected chi connectivity index (χ0v) is 17.2. The summed E-state index contributed by atoms with van der Waals surface area (Å²) in [6.45, 7) is 1.85. The number of rotatable bonds is 7. The summed E-state index contributed by atoms with van der Waals surface area (Å²) in [5.41, 5.74) is 7.03. The van der Waals surface area contributed by atoms with Crippen LogP contribution in [0.1, 0.15) is 28.8 Å². The smallest absolute Gasteiger partial charge is 0.255 e. The molecule has 6 N–H and O–H groups in total. The predicted molar refractivity (Wildman–Crippen MR) is 114 cm³/mol.